The fourth-order valence-electron chi connectivity index (χ4n) is 1.11. The van der Waals surface area contributed by atoms with E-state index in [4.69, 9.17) is 11.5 Å². The SMILES string of the molecule is NCc1nc(C(F)(F)F)cc(C(F)F)c1N. The van der Waals surface area contributed by atoms with Gasteiger partial charge in [-0.2, -0.15) is 13.2 Å². The van der Waals surface area contributed by atoms with Crippen molar-refractivity contribution in [2.45, 2.75) is 19.1 Å². The van der Waals surface area contributed by atoms with Crippen LogP contribution in [0.2, 0.25) is 0 Å². The lowest BCUT2D eigenvalue weighted by molar-refractivity contribution is -0.141. The van der Waals surface area contributed by atoms with E-state index in [0.29, 0.717) is 0 Å². The number of nitrogen functional groups attached to an aromatic ring is 1. The van der Waals surface area contributed by atoms with Crippen LogP contribution in [0, 0.1) is 0 Å². The monoisotopic (exact) mass is 241 g/mol. The highest BCUT2D eigenvalue weighted by Gasteiger charge is 2.34. The van der Waals surface area contributed by atoms with Gasteiger partial charge in [-0.1, -0.05) is 0 Å². The lowest BCUT2D eigenvalue weighted by Crippen LogP contribution is -2.15. The van der Waals surface area contributed by atoms with Gasteiger partial charge in [0.1, 0.15) is 5.69 Å². The number of pyridine rings is 1. The summed E-state index contributed by atoms with van der Waals surface area (Å²) in [5, 5.41) is 0. The molecule has 0 fully saturated rings. The van der Waals surface area contributed by atoms with Crippen molar-refractivity contribution in [3.63, 3.8) is 0 Å². The Balaban J connectivity index is 3.40. The zero-order valence-electron chi connectivity index (χ0n) is 7.85. The minimum absolute atomic E-state index is 0.235. The molecule has 16 heavy (non-hydrogen) atoms. The fraction of sp³-hybridized carbons (Fsp3) is 0.375. The van der Waals surface area contributed by atoms with Gasteiger partial charge in [0, 0.05) is 12.1 Å². The molecule has 0 aliphatic carbocycles. The Morgan fingerprint density at radius 3 is 2.25 bits per heavy atom. The van der Waals surface area contributed by atoms with E-state index in [0.717, 1.165) is 0 Å². The van der Waals surface area contributed by atoms with E-state index in [9.17, 15) is 22.0 Å². The van der Waals surface area contributed by atoms with Crippen LogP contribution >= 0.6 is 0 Å². The second-order valence-electron chi connectivity index (χ2n) is 2.96. The molecule has 0 amide bonds. The van der Waals surface area contributed by atoms with Crippen molar-refractivity contribution < 1.29 is 22.0 Å². The Hall–Kier alpha value is -1.44. The third-order valence-corrected chi connectivity index (χ3v) is 1.89. The fourth-order valence-corrected chi connectivity index (χ4v) is 1.11. The Morgan fingerprint density at radius 1 is 1.31 bits per heavy atom. The van der Waals surface area contributed by atoms with E-state index in [2.05, 4.69) is 4.98 Å². The molecule has 0 spiro atoms. The Morgan fingerprint density at radius 2 is 1.88 bits per heavy atom. The molecule has 0 saturated heterocycles. The molecule has 0 bridgehead atoms. The third-order valence-electron chi connectivity index (χ3n) is 1.89. The van der Waals surface area contributed by atoms with Crippen LogP contribution in [0.15, 0.2) is 6.07 Å². The van der Waals surface area contributed by atoms with Crippen molar-refractivity contribution >= 4 is 5.69 Å². The molecule has 1 aromatic rings. The molecule has 0 aromatic carbocycles. The van der Waals surface area contributed by atoms with Gasteiger partial charge in [-0.3, -0.25) is 0 Å². The quantitative estimate of drug-likeness (QED) is 0.779. The summed E-state index contributed by atoms with van der Waals surface area (Å²) in [5.41, 5.74) is 7.10. The van der Waals surface area contributed by atoms with Gasteiger partial charge in [0.05, 0.1) is 11.4 Å². The topological polar surface area (TPSA) is 64.9 Å². The number of halogens is 5. The number of alkyl halides is 5. The molecular formula is C8H8F5N3. The van der Waals surface area contributed by atoms with Crippen molar-refractivity contribution in [3.05, 3.63) is 23.0 Å². The van der Waals surface area contributed by atoms with E-state index in [-0.39, 0.29) is 11.8 Å². The molecule has 4 N–H and O–H groups in total. The van der Waals surface area contributed by atoms with Crippen molar-refractivity contribution in [1.29, 1.82) is 0 Å². The van der Waals surface area contributed by atoms with Crippen molar-refractivity contribution in [1.82, 2.24) is 4.98 Å². The lowest BCUT2D eigenvalue weighted by atomic mass is 10.1. The van der Waals surface area contributed by atoms with Crippen LogP contribution in [0.5, 0.6) is 0 Å². The predicted octanol–water partition coefficient (Wildman–Crippen LogP) is 2.08. The second kappa shape index (κ2) is 4.20. The van der Waals surface area contributed by atoms with Gasteiger partial charge in [0.15, 0.2) is 0 Å². The molecule has 90 valence electrons. The Labute approximate surface area is 87.3 Å². The van der Waals surface area contributed by atoms with Crippen LogP contribution < -0.4 is 11.5 Å². The first-order valence-corrected chi connectivity index (χ1v) is 4.12. The third kappa shape index (κ3) is 2.38. The van der Waals surface area contributed by atoms with E-state index in [1.54, 1.807) is 0 Å². The highest BCUT2D eigenvalue weighted by molar-refractivity contribution is 5.52. The first-order chi connectivity index (χ1) is 7.27. The van der Waals surface area contributed by atoms with Crippen LogP contribution in [0.25, 0.3) is 0 Å². The number of aromatic nitrogens is 1. The first-order valence-electron chi connectivity index (χ1n) is 4.12. The first kappa shape index (κ1) is 12.6. The van der Waals surface area contributed by atoms with Crippen molar-refractivity contribution in [3.8, 4) is 0 Å². The Bertz CT molecular complexity index is 388. The summed E-state index contributed by atoms with van der Waals surface area (Å²) in [6.07, 6.45) is -7.91. The molecule has 1 heterocycles. The summed E-state index contributed by atoms with van der Waals surface area (Å²) in [6.45, 7) is -0.435. The summed E-state index contributed by atoms with van der Waals surface area (Å²) in [6, 6.07) is 0.235. The number of nitrogens with zero attached hydrogens (tertiary/aromatic N) is 1. The number of hydrogen-bond donors (Lipinski definition) is 2. The minimum Gasteiger partial charge on any atom is -0.397 e. The maximum Gasteiger partial charge on any atom is 0.433 e. The lowest BCUT2D eigenvalue weighted by Gasteiger charge is -2.13. The van der Waals surface area contributed by atoms with Crippen molar-refractivity contribution in [2.75, 3.05) is 5.73 Å². The van der Waals surface area contributed by atoms with Gasteiger partial charge in [-0.05, 0) is 6.07 Å². The number of rotatable bonds is 2. The average Bonchev–Trinajstić information content (AvgIpc) is 2.15. The standard InChI is InChI=1S/C8H8F5N3/c9-7(10)3-1-5(8(11,12)13)16-4(2-14)6(3)15/h1,7H,2,14-15H2. The molecule has 1 rings (SSSR count). The average molecular weight is 241 g/mol. The van der Waals surface area contributed by atoms with Crippen LogP contribution in [0.1, 0.15) is 23.4 Å². The van der Waals surface area contributed by atoms with Crippen LogP contribution in [-0.4, -0.2) is 4.98 Å². The normalized spacial score (nSPS) is 12.2. The van der Waals surface area contributed by atoms with Crippen LogP contribution in [0.3, 0.4) is 0 Å². The maximum atomic E-state index is 12.4. The highest BCUT2D eigenvalue weighted by Crippen LogP contribution is 2.34. The summed E-state index contributed by atoms with van der Waals surface area (Å²) in [4.78, 5) is 3.10. The summed E-state index contributed by atoms with van der Waals surface area (Å²) in [5.74, 6) is 0. The maximum absolute atomic E-state index is 12.4. The van der Waals surface area contributed by atoms with Crippen LogP contribution in [0.4, 0.5) is 27.6 Å². The van der Waals surface area contributed by atoms with Gasteiger partial charge in [-0.15, -0.1) is 0 Å². The number of hydrogen-bond acceptors (Lipinski definition) is 3. The van der Waals surface area contributed by atoms with E-state index in [1.807, 2.05) is 0 Å². The largest absolute Gasteiger partial charge is 0.433 e. The van der Waals surface area contributed by atoms with E-state index >= 15 is 0 Å². The highest BCUT2D eigenvalue weighted by atomic mass is 19.4. The number of nitrogens with two attached hydrogens (primary N) is 2. The van der Waals surface area contributed by atoms with Gasteiger partial charge >= 0.3 is 6.18 Å². The zero-order chi connectivity index (χ0) is 12.5. The van der Waals surface area contributed by atoms with Crippen molar-refractivity contribution in [2.24, 2.45) is 5.73 Å². The summed E-state index contributed by atoms with van der Waals surface area (Å²) >= 11 is 0. The Kier molecular flexibility index (Phi) is 3.32. The molecule has 0 atom stereocenters. The molecular weight excluding hydrogens is 233 g/mol. The smallest absolute Gasteiger partial charge is 0.397 e. The molecule has 3 nitrogen and oxygen atoms in total. The number of anilines is 1. The molecule has 0 unspecified atom stereocenters. The van der Waals surface area contributed by atoms with Gasteiger partial charge in [0.25, 0.3) is 6.43 Å². The zero-order valence-corrected chi connectivity index (χ0v) is 7.85. The predicted molar refractivity (Wildman–Crippen MR) is 46.5 cm³/mol. The summed E-state index contributed by atoms with van der Waals surface area (Å²) < 4.78 is 61.7. The molecule has 0 radical (unpaired) electrons. The van der Waals surface area contributed by atoms with E-state index in [1.165, 1.54) is 0 Å². The van der Waals surface area contributed by atoms with Gasteiger partial charge in [0.2, 0.25) is 0 Å². The van der Waals surface area contributed by atoms with Crippen LogP contribution in [-0.2, 0) is 12.7 Å². The molecule has 0 aliphatic heterocycles. The minimum atomic E-state index is -4.80. The van der Waals surface area contributed by atoms with Gasteiger partial charge in [-0.25, -0.2) is 13.8 Å². The molecule has 0 saturated carbocycles. The van der Waals surface area contributed by atoms with E-state index < -0.39 is 36.1 Å². The second-order valence-corrected chi connectivity index (χ2v) is 2.96. The van der Waals surface area contributed by atoms with Gasteiger partial charge < -0.3 is 11.5 Å². The molecule has 8 heteroatoms. The molecule has 0 aliphatic rings. The molecule has 1 aromatic heterocycles. The summed E-state index contributed by atoms with van der Waals surface area (Å²) in [7, 11) is 0.